The number of hydrogen-bond donors (Lipinski definition) is 1. The van der Waals surface area contributed by atoms with Crippen LogP contribution in [-0.2, 0) is 23.9 Å². The highest BCUT2D eigenvalue weighted by Gasteiger charge is 2.47. The summed E-state index contributed by atoms with van der Waals surface area (Å²) >= 11 is 0. The number of carbonyl (C=O) groups excluding carboxylic acids is 3. The number of nitrogens with one attached hydrogen (secondary N) is 1. The first-order valence-corrected chi connectivity index (χ1v) is 11.4. The number of ketones is 1. The van der Waals surface area contributed by atoms with E-state index < -0.39 is 17.8 Å². The normalized spacial score (nSPS) is 26.0. The molecule has 1 aromatic carbocycles. The lowest BCUT2D eigenvalue weighted by atomic mass is 9.69. The van der Waals surface area contributed by atoms with Gasteiger partial charge in [-0.25, -0.2) is 4.79 Å². The van der Waals surface area contributed by atoms with E-state index in [1.165, 1.54) is 7.11 Å². The van der Waals surface area contributed by atoms with Crippen molar-refractivity contribution < 1.29 is 23.9 Å². The van der Waals surface area contributed by atoms with Crippen LogP contribution in [0.4, 0.5) is 0 Å². The molecule has 170 valence electrons. The Morgan fingerprint density at radius 2 is 1.72 bits per heavy atom. The third kappa shape index (κ3) is 3.98. The molecule has 1 N–H and O–H groups in total. The van der Waals surface area contributed by atoms with Crippen LogP contribution < -0.4 is 5.32 Å². The molecule has 0 amide bonds. The smallest absolute Gasteiger partial charge is 0.337 e. The fourth-order valence-electron chi connectivity index (χ4n) is 5.26. The number of hydrogen-bond acceptors (Lipinski definition) is 6. The standard InChI is InChI=1S/C26H31NO5/c1-14-9-11-17(12-10-14)22-21(26(30)32-18-7-5-6-8-18)16(3)27-19-13-15(2)20(25(29)31-4)24(28)23(19)22/h9-12,15,18,20,22,27H,5-8,13H2,1-4H3. The van der Waals surface area contributed by atoms with E-state index in [1.807, 2.05) is 45.0 Å². The number of carbonyl (C=O) groups is 3. The maximum Gasteiger partial charge on any atom is 0.337 e. The Labute approximate surface area is 189 Å². The zero-order chi connectivity index (χ0) is 23.0. The molecule has 0 bridgehead atoms. The third-order valence-corrected chi connectivity index (χ3v) is 6.95. The highest BCUT2D eigenvalue weighted by Crippen LogP contribution is 2.45. The van der Waals surface area contributed by atoms with E-state index in [2.05, 4.69) is 5.32 Å². The number of allylic oxidation sites excluding steroid dienone is 3. The molecule has 1 aromatic rings. The number of Topliss-reactive ketones (excluding diaryl/α,β-unsaturated/α-hetero) is 1. The van der Waals surface area contributed by atoms with Crippen molar-refractivity contribution in [2.24, 2.45) is 11.8 Å². The van der Waals surface area contributed by atoms with Gasteiger partial charge in [0.05, 0.1) is 12.7 Å². The van der Waals surface area contributed by atoms with Crippen molar-refractivity contribution in [1.29, 1.82) is 0 Å². The van der Waals surface area contributed by atoms with Crippen LogP contribution in [0.25, 0.3) is 0 Å². The van der Waals surface area contributed by atoms with Gasteiger partial charge in [-0.3, -0.25) is 9.59 Å². The molecule has 0 spiro atoms. The number of benzene rings is 1. The van der Waals surface area contributed by atoms with Crippen LogP contribution in [0, 0.1) is 18.8 Å². The number of esters is 2. The average molecular weight is 438 g/mol. The number of methoxy groups -OCH3 is 1. The van der Waals surface area contributed by atoms with E-state index >= 15 is 0 Å². The molecule has 3 aliphatic rings. The van der Waals surface area contributed by atoms with Crippen molar-refractivity contribution in [3.63, 3.8) is 0 Å². The second kappa shape index (κ2) is 8.93. The second-order valence-corrected chi connectivity index (χ2v) is 9.26. The summed E-state index contributed by atoms with van der Waals surface area (Å²) in [6.07, 6.45) is 4.31. The molecular weight excluding hydrogens is 406 g/mol. The van der Waals surface area contributed by atoms with E-state index in [-0.39, 0.29) is 23.8 Å². The lowest BCUT2D eigenvalue weighted by molar-refractivity contribution is -0.151. The molecule has 3 unspecified atom stereocenters. The molecule has 1 heterocycles. The Balaban J connectivity index is 1.79. The van der Waals surface area contributed by atoms with Gasteiger partial charge in [0, 0.05) is 22.9 Å². The van der Waals surface area contributed by atoms with Crippen LogP contribution in [0.5, 0.6) is 0 Å². The van der Waals surface area contributed by atoms with E-state index in [0.29, 0.717) is 23.3 Å². The minimum Gasteiger partial charge on any atom is -0.468 e. The largest absolute Gasteiger partial charge is 0.468 e. The zero-order valence-corrected chi connectivity index (χ0v) is 19.2. The second-order valence-electron chi connectivity index (χ2n) is 9.26. The molecule has 2 aliphatic carbocycles. The van der Waals surface area contributed by atoms with Gasteiger partial charge in [-0.05, 0) is 57.4 Å². The predicted molar refractivity (Wildman–Crippen MR) is 119 cm³/mol. The Bertz CT molecular complexity index is 998. The van der Waals surface area contributed by atoms with E-state index in [4.69, 9.17) is 9.47 Å². The number of aryl methyl sites for hydroxylation is 1. The van der Waals surface area contributed by atoms with Gasteiger partial charge in [-0.1, -0.05) is 36.8 Å². The number of rotatable bonds is 4. The topological polar surface area (TPSA) is 81.7 Å². The van der Waals surface area contributed by atoms with Gasteiger partial charge in [0.15, 0.2) is 5.78 Å². The van der Waals surface area contributed by atoms with Gasteiger partial charge in [0.25, 0.3) is 0 Å². The van der Waals surface area contributed by atoms with Gasteiger partial charge in [-0.2, -0.15) is 0 Å². The van der Waals surface area contributed by atoms with E-state index in [1.54, 1.807) is 0 Å². The van der Waals surface area contributed by atoms with Gasteiger partial charge >= 0.3 is 11.9 Å². The first kappa shape index (κ1) is 22.3. The number of dihydropyridines is 1. The Hall–Kier alpha value is -2.89. The minimum atomic E-state index is -0.876. The van der Waals surface area contributed by atoms with Crippen molar-refractivity contribution in [2.45, 2.75) is 64.9 Å². The summed E-state index contributed by atoms with van der Waals surface area (Å²) in [7, 11) is 1.30. The van der Waals surface area contributed by atoms with E-state index in [0.717, 1.165) is 42.5 Å². The molecule has 0 radical (unpaired) electrons. The van der Waals surface area contributed by atoms with Gasteiger partial charge in [0.1, 0.15) is 12.0 Å². The maximum absolute atomic E-state index is 13.7. The highest BCUT2D eigenvalue weighted by atomic mass is 16.5. The summed E-state index contributed by atoms with van der Waals surface area (Å²) in [5.41, 5.74) is 4.34. The third-order valence-electron chi connectivity index (χ3n) is 6.95. The lowest BCUT2D eigenvalue weighted by Gasteiger charge is -2.38. The lowest BCUT2D eigenvalue weighted by Crippen LogP contribution is -2.43. The molecule has 32 heavy (non-hydrogen) atoms. The fourth-order valence-corrected chi connectivity index (χ4v) is 5.26. The minimum absolute atomic E-state index is 0.0817. The van der Waals surface area contributed by atoms with Crippen molar-refractivity contribution in [2.75, 3.05) is 7.11 Å². The summed E-state index contributed by atoms with van der Waals surface area (Å²) in [4.78, 5) is 39.5. The van der Waals surface area contributed by atoms with Gasteiger partial charge in [-0.15, -0.1) is 0 Å². The predicted octanol–water partition coefficient (Wildman–Crippen LogP) is 4.09. The molecule has 3 atom stereocenters. The molecule has 1 saturated carbocycles. The Kier molecular flexibility index (Phi) is 6.22. The van der Waals surface area contributed by atoms with Crippen LogP contribution >= 0.6 is 0 Å². The average Bonchev–Trinajstić information content (AvgIpc) is 3.26. The van der Waals surface area contributed by atoms with Crippen LogP contribution in [0.1, 0.15) is 63.0 Å². The summed E-state index contributed by atoms with van der Waals surface area (Å²) in [5.74, 6) is -2.84. The molecule has 4 rings (SSSR count). The summed E-state index contributed by atoms with van der Waals surface area (Å²) in [6, 6.07) is 7.84. The van der Waals surface area contributed by atoms with Crippen molar-refractivity contribution in [3.8, 4) is 0 Å². The maximum atomic E-state index is 13.7. The van der Waals surface area contributed by atoms with Crippen LogP contribution in [0.3, 0.4) is 0 Å². The van der Waals surface area contributed by atoms with Gasteiger partial charge in [0.2, 0.25) is 0 Å². The molecular formula is C26H31NO5. The first-order valence-electron chi connectivity index (χ1n) is 11.4. The van der Waals surface area contributed by atoms with Crippen molar-refractivity contribution in [1.82, 2.24) is 5.32 Å². The van der Waals surface area contributed by atoms with E-state index in [9.17, 15) is 14.4 Å². The zero-order valence-electron chi connectivity index (χ0n) is 19.2. The van der Waals surface area contributed by atoms with Crippen LogP contribution in [0.2, 0.25) is 0 Å². The molecule has 0 aromatic heterocycles. The van der Waals surface area contributed by atoms with Crippen molar-refractivity contribution >= 4 is 17.7 Å². The number of ether oxygens (including phenoxy) is 2. The summed E-state index contributed by atoms with van der Waals surface area (Å²) in [5, 5.41) is 3.31. The SMILES string of the molecule is COC(=O)C1C(=O)C2=C(CC1C)NC(C)=C(C(=O)OC1CCCC1)C2c1ccc(C)cc1. The van der Waals surface area contributed by atoms with Crippen molar-refractivity contribution in [3.05, 3.63) is 57.9 Å². The van der Waals surface area contributed by atoms with Crippen LogP contribution in [0.15, 0.2) is 46.8 Å². The fraction of sp³-hybridized carbons (Fsp3) is 0.500. The molecule has 1 aliphatic heterocycles. The summed E-state index contributed by atoms with van der Waals surface area (Å²) < 4.78 is 10.8. The van der Waals surface area contributed by atoms with Gasteiger partial charge < -0.3 is 14.8 Å². The Morgan fingerprint density at radius 1 is 1.06 bits per heavy atom. The monoisotopic (exact) mass is 437 g/mol. The highest BCUT2D eigenvalue weighted by molar-refractivity contribution is 6.12. The molecule has 6 heteroatoms. The molecule has 1 fully saturated rings. The quantitative estimate of drug-likeness (QED) is 0.564. The summed E-state index contributed by atoms with van der Waals surface area (Å²) in [6.45, 7) is 5.74. The first-order chi connectivity index (χ1) is 15.3. The molecule has 6 nitrogen and oxygen atoms in total. The van der Waals surface area contributed by atoms with Crippen LogP contribution in [-0.4, -0.2) is 30.9 Å². The Morgan fingerprint density at radius 3 is 2.34 bits per heavy atom. The molecule has 0 saturated heterocycles.